The van der Waals surface area contributed by atoms with Crippen LogP contribution < -0.4 is 4.90 Å². The van der Waals surface area contributed by atoms with E-state index in [1.54, 1.807) is 0 Å². The quantitative estimate of drug-likeness (QED) is 0.683. The van der Waals surface area contributed by atoms with Crippen LogP contribution in [0.3, 0.4) is 0 Å². The van der Waals surface area contributed by atoms with Gasteiger partial charge in [-0.3, -0.25) is 0 Å². The molecule has 82 valence electrons. The van der Waals surface area contributed by atoms with Crippen LogP contribution in [0.5, 0.6) is 0 Å². The van der Waals surface area contributed by atoms with E-state index in [1.807, 2.05) is 12.4 Å². The molecule has 15 heavy (non-hydrogen) atoms. The fourth-order valence-corrected chi connectivity index (χ4v) is 3.46. The number of nitrogens with zero attached hydrogens (tertiary/aromatic N) is 3. The van der Waals surface area contributed by atoms with Gasteiger partial charge in [0.1, 0.15) is 0 Å². The second-order valence-corrected chi connectivity index (χ2v) is 5.32. The number of anilines is 1. The lowest BCUT2D eigenvalue weighted by Gasteiger charge is -2.37. The minimum Gasteiger partial charge on any atom is -0.336 e. The molecule has 1 aromatic rings. The van der Waals surface area contributed by atoms with Crippen molar-refractivity contribution in [3.8, 4) is 0 Å². The highest BCUT2D eigenvalue weighted by Crippen LogP contribution is 2.39. The van der Waals surface area contributed by atoms with Gasteiger partial charge in [0.15, 0.2) is 0 Å². The van der Waals surface area contributed by atoms with Crippen LogP contribution in [-0.4, -0.2) is 27.0 Å². The summed E-state index contributed by atoms with van der Waals surface area (Å²) in [5.41, 5.74) is 0. The van der Waals surface area contributed by atoms with Crippen molar-refractivity contribution < 1.29 is 0 Å². The van der Waals surface area contributed by atoms with Crippen LogP contribution in [0.15, 0.2) is 12.4 Å². The third kappa shape index (κ3) is 1.44. The number of imidazole rings is 1. The molecule has 3 rings (SSSR count). The van der Waals surface area contributed by atoms with Gasteiger partial charge in [-0.2, -0.15) is 0 Å². The zero-order valence-corrected chi connectivity index (χ0v) is 9.69. The van der Waals surface area contributed by atoms with E-state index in [0.29, 0.717) is 17.5 Å². The number of aryl methyl sites for hydroxylation is 1. The second-order valence-electron chi connectivity index (χ2n) is 4.70. The number of alkyl halides is 1. The van der Waals surface area contributed by atoms with Crippen LogP contribution in [0.4, 0.5) is 5.95 Å². The molecule has 0 spiro atoms. The Kier molecular flexibility index (Phi) is 2.16. The molecule has 0 radical (unpaired) electrons. The number of hydrogen-bond donors (Lipinski definition) is 0. The van der Waals surface area contributed by atoms with E-state index in [4.69, 9.17) is 11.6 Å². The number of fused-ring (bicyclic) bond motifs is 2. The molecule has 2 fully saturated rings. The van der Waals surface area contributed by atoms with Crippen LogP contribution in [0.2, 0.25) is 0 Å². The summed E-state index contributed by atoms with van der Waals surface area (Å²) in [5, 5.41) is 0.374. The van der Waals surface area contributed by atoms with Gasteiger partial charge in [0.25, 0.3) is 0 Å². The highest BCUT2D eigenvalue weighted by atomic mass is 35.5. The molecule has 0 amide bonds. The van der Waals surface area contributed by atoms with Gasteiger partial charge in [-0.15, -0.1) is 11.6 Å². The minimum absolute atomic E-state index is 0.374. The van der Waals surface area contributed by atoms with Gasteiger partial charge < -0.3 is 9.47 Å². The van der Waals surface area contributed by atoms with Gasteiger partial charge >= 0.3 is 0 Å². The number of halogens is 1. The molecule has 2 saturated heterocycles. The SMILES string of the molecule is Cn1ccnc1N1C2CCC1CC(Cl)C2. The third-order valence-electron chi connectivity index (χ3n) is 3.70. The van der Waals surface area contributed by atoms with Crippen LogP contribution in [0, 0.1) is 0 Å². The summed E-state index contributed by atoms with van der Waals surface area (Å²) in [4.78, 5) is 6.94. The van der Waals surface area contributed by atoms with Gasteiger partial charge in [-0.25, -0.2) is 4.98 Å². The van der Waals surface area contributed by atoms with E-state index in [9.17, 15) is 0 Å². The third-order valence-corrected chi connectivity index (χ3v) is 4.06. The van der Waals surface area contributed by atoms with Crippen molar-refractivity contribution in [2.45, 2.75) is 43.1 Å². The zero-order chi connectivity index (χ0) is 10.4. The lowest BCUT2D eigenvalue weighted by Crippen LogP contribution is -2.44. The normalized spacial score (nSPS) is 34.8. The van der Waals surface area contributed by atoms with Gasteiger partial charge in [-0.1, -0.05) is 0 Å². The Morgan fingerprint density at radius 1 is 1.33 bits per heavy atom. The van der Waals surface area contributed by atoms with Crippen LogP contribution in [0.25, 0.3) is 0 Å². The number of hydrogen-bond acceptors (Lipinski definition) is 2. The van der Waals surface area contributed by atoms with Crippen molar-refractivity contribution in [2.75, 3.05) is 4.90 Å². The Labute approximate surface area is 95.0 Å². The molecule has 0 N–H and O–H groups in total. The molecule has 2 atom stereocenters. The first kappa shape index (κ1) is 9.52. The van der Waals surface area contributed by atoms with Crippen molar-refractivity contribution in [1.82, 2.24) is 9.55 Å². The monoisotopic (exact) mass is 225 g/mol. The number of aromatic nitrogens is 2. The van der Waals surface area contributed by atoms with E-state index < -0.39 is 0 Å². The average molecular weight is 226 g/mol. The largest absolute Gasteiger partial charge is 0.336 e. The van der Waals surface area contributed by atoms with Crippen LogP contribution in [-0.2, 0) is 7.05 Å². The summed E-state index contributed by atoms with van der Waals surface area (Å²) < 4.78 is 2.11. The Bertz CT molecular complexity index is 348. The Balaban J connectivity index is 1.92. The minimum atomic E-state index is 0.374. The summed E-state index contributed by atoms with van der Waals surface area (Å²) >= 11 is 6.26. The van der Waals surface area contributed by atoms with Crippen molar-refractivity contribution in [1.29, 1.82) is 0 Å². The molecule has 2 aliphatic heterocycles. The summed E-state index contributed by atoms with van der Waals surface area (Å²) in [5.74, 6) is 1.12. The maximum absolute atomic E-state index is 6.26. The van der Waals surface area contributed by atoms with E-state index >= 15 is 0 Å². The number of rotatable bonds is 1. The maximum Gasteiger partial charge on any atom is 0.205 e. The van der Waals surface area contributed by atoms with E-state index in [0.717, 1.165) is 18.8 Å². The molecule has 0 aliphatic carbocycles. The Hall–Kier alpha value is -0.700. The van der Waals surface area contributed by atoms with Crippen molar-refractivity contribution in [2.24, 2.45) is 7.05 Å². The predicted octanol–water partition coefficient (Wildman–Crippen LogP) is 2.16. The van der Waals surface area contributed by atoms with E-state index in [2.05, 4.69) is 21.5 Å². The first-order chi connectivity index (χ1) is 7.25. The lowest BCUT2D eigenvalue weighted by atomic mass is 10.0. The zero-order valence-electron chi connectivity index (χ0n) is 8.93. The molecular formula is C11H16ClN3. The Morgan fingerprint density at radius 3 is 2.53 bits per heavy atom. The molecule has 0 aromatic carbocycles. The second kappa shape index (κ2) is 3.41. The molecule has 2 unspecified atom stereocenters. The first-order valence-corrected chi connectivity index (χ1v) is 6.09. The number of piperidine rings is 1. The smallest absolute Gasteiger partial charge is 0.205 e. The highest BCUT2D eigenvalue weighted by molar-refractivity contribution is 6.20. The van der Waals surface area contributed by atoms with Crippen molar-refractivity contribution >= 4 is 17.5 Å². The van der Waals surface area contributed by atoms with Crippen LogP contribution in [0.1, 0.15) is 25.7 Å². The summed E-state index contributed by atoms with van der Waals surface area (Å²) in [6.45, 7) is 0. The summed E-state index contributed by atoms with van der Waals surface area (Å²) in [6, 6.07) is 1.24. The fourth-order valence-electron chi connectivity index (χ4n) is 3.04. The Morgan fingerprint density at radius 2 is 2.00 bits per heavy atom. The molecule has 2 bridgehead atoms. The fraction of sp³-hybridized carbons (Fsp3) is 0.727. The first-order valence-electron chi connectivity index (χ1n) is 5.65. The average Bonchev–Trinajstić information content (AvgIpc) is 2.69. The standard InChI is InChI=1S/C11H16ClN3/c1-14-5-4-13-11(14)15-9-2-3-10(15)7-8(12)6-9/h4-5,8-10H,2-3,6-7H2,1H3. The van der Waals surface area contributed by atoms with E-state index in [1.165, 1.54) is 12.8 Å². The molecule has 0 saturated carbocycles. The van der Waals surface area contributed by atoms with Crippen molar-refractivity contribution in [3.05, 3.63) is 12.4 Å². The van der Waals surface area contributed by atoms with E-state index in [-0.39, 0.29) is 0 Å². The highest BCUT2D eigenvalue weighted by Gasteiger charge is 2.41. The lowest BCUT2D eigenvalue weighted by molar-refractivity contribution is 0.462. The van der Waals surface area contributed by atoms with Gasteiger partial charge in [0.05, 0.1) is 0 Å². The molecular weight excluding hydrogens is 210 g/mol. The van der Waals surface area contributed by atoms with Crippen LogP contribution >= 0.6 is 11.6 Å². The van der Waals surface area contributed by atoms with Gasteiger partial charge in [0.2, 0.25) is 5.95 Å². The molecule has 4 heteroatoms. The molecule has 1 aromatic heterocycles. The molecule has 2 aliphatic rings. The molecule has 3 heterocycles. The van der Waals surface area contributed by atoms with Gasteiger partial charge in [0, 0.05) is 36.9 Å². The maximum atomic E-state index is 6.26. The topological polar surface area (TPSA) is 21.1 Å². The van der Waals surface area contributed by atoms with Crippen molar-refractivity contribution in [3.63, 3.8) is 0 Å². The summed E-state index contributed by atoms with van der Waals surface area (Å²) in [6.07, 6.45) is 8.68. The predicted molar refractivity (Wildman–Crippen MR) is 61.4 cm³/mol. The summed E-state index contributed by atoms with van der Waals surface area (Å²) in [7, 11) is 2.06. The molecule has 3 nitrogen and oxygen atoms in total. The van der Waals surface area contributed by atoms with Gasteiger partial charge in [-0.05, 0) is 25.7 Å².